The van der Waals surface area contributed by atoms with E-state index in [1.54, 1.807) is 0 Å². The lowest BCUT2D eigenvalue weighted by molar-refractivity contribution is 0.102. The van der Waals surface area contributed by atoms with Gasteiger partial charge in [-0.2, -0.15) is 0 Å². The van der Waals surface area contributed by atoms with Crippen LogP contribution in [0.4, 0.5) is 5.69 Å². The molecule has 0 radical (unpaired) electrons. The first-order valence-electron chi connectivity index (χ1n) is 7.30. The van der Waals surface area contributed by atoms with E-state index in [0.717, 1.165) is 22.0 Å². The van der Waals surface area contributed by atoms with Gasteiger partial charge < -0.3 is 11.1 Å². The van der Waals surface area contributed by atoms with Crippen molar-refractivity contribution in [3.05, 3.63) is 77.9 Å². The predicted molar refractivity (Wildman–Crippen MR) is 90.9 cm³/mol. The average molecular weight is 290 g/mol. The van der Waals surface area contributed by atoms with Crippen LogP contribution in [0.2, 0.25) is 0 Å². The molecule has 0 aromatic heterocycles. The summed E-state index contributed by atoms with van der Waals surface area (Å²) in [4.78, 5) is 12.5. The van der Waals surface area contributed by atoms with Crippen LogP contribution in [0.3, 0.4) is 0 Å². The molecule has 0 aliphatic carbocycles. The molecule has 22 heavy (non-hydrogen) atoms. The van der Waals surface area contributed by atoms with Gasteiger partial charge in [0.2, 0.25) is 0 Å². The molecule has 0 aliphatic rings. The summed E-state index contributed by atoms with van der Waals surface area (Å²) >= 11 is 0. The average Bonchev–Trinajstić information content (AvgIpc) is 2.54. The van der Waals surface area contributed by atoms with E-state index in [1.807, 2.05) is 73.7 Å². The van der Waals surface area contributed by atoms with Crippen molar-refractivity contribution in [2.24, 2.45) is 5.73 Å². The van der Waals surface area contributed by atoms with Crippen LogP contribution in [0, 0.1) is 0 Å². The maximum atomic E-state index is 12.5. The highest BCUT2D eigenvalue weighted by atomic mass is 16.1. The van der Waals surface area contributed by atoms with Gasteiger partial charge in [0.25, 0.3) is 5.91 Å². The van der Waals surface area contributed by atoms with Gasteiger partial charge in [-0.3, -0.25) is 4.79 Å². The van der Waals surface area contributed by atoms with E-state index in [-0.39, 0.29) is 11.9 Å². The molecule has 0 saturated carbocycles. The van der Waals surface area contributed by atoms with E-state index < -0.39 is 0 Å². The van der Waals surface area contributed by atoms with Gasteiger partial charge in [-0.25, -0.2) is 0 Å². The second-order valence-corrected chi connectivity index (χ2v) is 5.39. The lowest BCUT2D eigenvalue weighted by Crippen LogP contribution is -2.12. The quantitative estimate of drug-likeness (QED) is 0.762. The molecule has 1 atom stereocenters. The van der Waals surface area contributed by atoms with Crippen LogP contribution in [0.1, 0.15) is 28.9 Å². The highest BCUT2D eigenvalue weighted by Crippen LogP contribution is 2.20. The van der Waals surface area contributed by atoms with Crippen molar-refractivity contribution in [1.82, 2.24) is 0 Å². The fourth-order valence-electron chi connectivity index (χ4n) is 2.49. The third kappa shape index (κ3) is 2.85. The summed E-state index contributed by atoms with van der Waals surface area (Å²) in [7, 11) is 0. The highest BCUT2D eigenvalue weighted by molar-refractivity contribution is 6.12. The Hall–Kier alpha value is -2.65. The highest BCUT2D eigenvalue weighted by Gasteiger charge is 2.10. The Morgan fingerprint density at radius 2 is 1.64 bits per heavy atom. The van der Waals surface area contributed by atoms with Crippen LogP contribution in [0.15, 0.2) is 66.7 Å². The van der Waals surface area contributed by atoms with Crippen molar-refractivity contribution >= 4 is 22.4 Å². The van der Waals surface area contributed by atoms with E-state index in [2.05, 4.69) is 5.32 Å². The molecule has 3 N–H and O–H groups in total. The Morgan fingerprint density at radius 1 is 0.955 bits per heavy atom. The zero-order chi connectivity index (χ0) is 15.5. The molecule has 3 aromatic carbocycles. The number of amides is 1. The van der Waals surface area contributed by atoms with Gasteiger partial charge in [0.05, 0.1) is 0 Å². The fraction of sp³-hybridized carbons (Fsp3) is 0.105. The van der Waals surface area contributed by atoms with E-state index in [4.69, 9.17) is 5.73 Å². The zero-order valence-electron chi connectivity index (χ0n) is 12.4. The summed E-state index contributed by atoms with van der Waals surface area (Å²) in [6.07, 6.45) is 0. The molecule has 0 saturated heterocycles. The van der Waals surface area contributed by atoms with Crippen LogP contribution in [0.5, 0.6) is 0 Å². The smallest absolute Gasteiger partial charge is 0.256 e. The number of hydrogen-bond donors (Lipinski definition) is 2. The third-order valence-electron chi connectivity index (χ3n) is 3.73. The first-order chi connectivity index (χ1) is 10.6. The van der Waals surface area contributed by atoms with Gasteiger partial charge in [-0.1, -0.05) is 48.5 Å². The number of anilines is 1. The fourth-order valence-corrected chi connectivity index (χ4v) is 2.49. The van der Waals surface area contributed by atoms with Crippen molar-refractivity contribution in [2.45, 2.75) is 13.0 Å². The molecule has 0 bridgehead atoms. The zero-order valence-corrected chi connectivity index (χ0v) is 12.4. The van der Waals surface area contributed by atoms with Crippen molar-refractivity contribution in [1.29, 1.82) is 0 Å². The Kier molecular flexibility index (Phi) is 3.90. The molecule has 0 spiro atoms. The minimum absolute atomic E-state index is 0.0113. The number of nitrogens with two attached hydrogens (primary N) is 1. The van der Waals surface area contributed by atoms with Crippen molar-refractivity contribution in [3.8, 4) is 0 Å². The van der Waals surface area contributed by atoms with Gasteiger partial charge >= 0.3 is 0 Å². The molecular weight excluding hydrogens is 272 g/mol. The maximum Gasteiger partial charge on any atom is 0.256 e. The first kappa shape index (κ1) is 14.3. The van der Waals surface area contributed by atoms with Crippen molar-refractivity contribution in [2.75, 3.05) is 5.32 Å². The van der Waals surface area contributed by atoms with E-state index in [9.17, 15) is 4.79 Å². The number of benzene rings is 3. The van der Waals surface area contributed by atoms with E-state index in [0.29, 0.717) is 5.56 Å². The maximum absolute atomic E-state index is 12.5. The van der Waals surface area contributed by atoms with Gasteiger partial charge in [0.15, 0.2) is 0 Å². The third-order valence-corrected chi connectivity index (χ3v) is 3.73. The second-order valence-electron chi connectivity index (χ2n) is 5.39. The number of carbonyl (C=O) groups excluding carboxylic acids is 1. The Morgan fingerprint density at radius 3 is 2.36 bits per heavy atom. The predicted octanol–water partition coefficient (Wildman–Crippen LogP) is 4.11. The molecule has 3 heteroatoms. The minimum atomic E-state index is -0.106. The van der Waals surface area contributed by atoms with Crippen LogP contribution < -0.4 is 11.1 Å². The molecule has 3 aromatic rings. The van der Waals surface area contributed by atoms with Crippen molar-refractivity contribution < 1.29 is 4.79 Å². The summed E-state index contributed by atoms with van der Waals surface area (Å²) in [5.41, 5.74) is 8.32. The molecule has 0 fully saturated rings. The van der Waals surface area contributed by atoms with Crippen LogP contribution in [0.25, 0.3) is 10.8 Å². The van der Waals surface area contributed by atoms with Gasteiger partial charge in [0.1, 0.15) is 0 Å². The van der Waals surface area contributed by atoms with Crippen LogP contribution >= 0.6 is 0 Å². The summed E-state index contributed by atoms with van der Waals surface area (Å²) in [5, 5.41) is 4.95. The lowest BCUT2D eigenvalue weighted by Gasteiger charge is -2.10. The Balaban J connectivity index is 1.87. The molecule has 1 amide bonds. The normalized spacial score (nSPS) is 12.1. The molecule has 1 unspecified atom stereocenters. The largest absolute Gasteiger partial charge is 0.324 e. The molecule has 0 heterocycles. The molecular formula is C19H18N2O. The molecule has 0 aliphatic heterocycles. The van der Waals surface area contributed by atoms with E-state index >= 15 is 0 Å². The lowest BCUT2D eigenvalue weighted by atomic mass is 10.0. The Labute approximate surface area is 129 Å². The first-order valence-corrected chi connectivity index (χ1v) is 7.30. The number of rotatable bonds is 3. The standard InChI is InChI=1S/C19H18N2O/c1-13(20)14-9-11-16(12-10-14)21-19(22)18-8-4-6-15-5-2-3-7-17(15)18/h2-13H,20H2,1H3,(H,21,22). The number of carbonyl (C=O) groups is 1. The molecule has 3 rings (SSSR count). The summed E-state index contributed by atoms with van der Waals surface area (Å²) in [6, 6.07) is 21.2. The SMILES string of the molecule is CC(N)c1ccc(NC(=O)c2cccc3ccccc23)cc1. The monoisotopic (exact) mass is 290 g/mol. The van der Waals surface area contributed by atoms with Crippen LogP contribution in [-0.2, 0) is 0 Å². The second kappa shape index (κ2) is 6.00. The van der Waals surface area contributed by atoms with Gasteiger partial charge in [-0.05, 0) is 41.5 Å². The van der Waals surface area contributed by atoms with Crippen LogP contribution in [-0.4, -0.2) is 5.91 Å². The minimum Gasteiger partial charge on any atom is -0.324 e. The van der Waals surface area contributed by atoms with E-state index in [1.165, 1.54) is 0 Å². The summed E-state index contributed by atoms with van der Waals surface area (Å²) in [6.45, 7) is 1.93. The molecule has 3 nitrogen and oxygen atoms in total. The number of nitrogens with one attached hydrogen (secondary N) is 1. The Bertz CT molecular complexity index is 802. The number of fused-ring (bicyclic) bond motifs is 1. The summed E-state index contributed by atoms with van der Waals surface area (Å²) < 4.78 is 0. The topological polar surface area (TPSA) is 55.1 Å². The summed E-state index contributed by atoms with van der Waals surface area (Å²) in [5.74, 6) is -0.106. The van der Waals surface area contributed by atoms with Crippen molar-refractivity contribution in [3.63, 3.8) is 0 Å². The van der Waals surface area contributed by atoms with Gasteiger partial charge in [0, 0.05) is 17.3 Å². The number of hydrogen-bond acceptors (Lipinski definition) is 2. The van der Waals surface area contributed by atoms with Gasteiger partial charge in [-0.15, -0.1) is 0 Å². The molecule has 110 valence electrons.